The number of aryl methyl sites for hydroxylation is 3. The van der Waals surface area contributed by atoms with Crippen LogP contribution in [0.15, 0.2) is 42.7 Å². The van der Waals surface area contributed by atoms with Crippen LogP contribution in [0.1, 0.15) is 27.2 Å². The highest BCUT2D eigenvalue weighted by atomic mass is 35.5. The Morgan fingerprint density at radius 1 is 1.04 bits per heavy atom. The van der Waals surface area contributed by atoms with Crippen LogP contribution in [-0.2, 0) is 0 Å². The van der Waals surface area contributed by atoms with Crippen molar-refractivity contribution in [3.8, 4) is 5.75 Å². The maximum atomic E-state index is 12.5. The van der Waals surface area contributed by atoms with E-state index in [4.69, 9.17) is 16.3 Å². The molecule has 28 heavy (non-hydrogen) atoms. The lowest BCUT2D eigenvalue weighted by molar-refractivity contribution is 0.102. The molecule has 0 saturated heterocycles. The van der Waals surface area contributed by atoms with Crippen molar-refractivity contribution in [2.24, 2.45) is 0 Å². The van der Waals surface area contributed by atoms with Gasteiger partial charge in [-0.1, -0.05) is 29.3 Å². The van der Waals surface area contributed by atoms with E-state index in [1.807, 2.05) is 32.9 Å². The van der Waals surface area contributed by atoms with Gasteiger partial charge < -0.3 is 15.4 Å². The van der Waals surface area contributed by atoms with Gasteiger partial charge in [-0.25, -0.2) is 9.97 Å². The Morgan fingerprint density at radius 3 is 2.36 bits per heavy atom. The van der Waals surface area contributed by atoms with E-state index in [-0.39, 0.29) is 11.6 Å². The van der Waals surface area contributed by atoms with Crippen molar-refractivity contribution in [3.05, 3.63) is 70.1 Å². The Hall–Kier alpha value is -3.12. The van der Waals surface area contributed by atoms with Gasteiger partial charge in [-0.2, -0.15) is 0 Å². The zero-order chi connectivity index (χ0) is 20.3. The van der Waals surface area contributed by atoms with E-state index < -0.39 is 0 Å². The summed E-state index contributed by atoms with van der Waals surface area (Å²) in [5, 5.41) is 6.57. The molecule has 0 spiro atoms. The standard InChI is InChI=1S/C21H21ClN4O2/c1-12-7-13(2)20(14(3)8-12)26-21(27)17-10-24-19(11-23-17)25-16-9-15(22)5-6-18(16)28-4/h5-11H,1-4H3,(H,24,25)(H,26,27). The number of carbonyl (C=O) groups is 1. The molecule has 3 rings (SSSR count). The van der Waals surface area contributed by atoms with E-state index in [9.17, 15) is 4.79 Å². The molecule has 0 saturated carbocycles. The van der Waals surface area contributed by atoms with E-state index >= 15 is 0 Å². The lowest BCUT2D eigenvalue weighted by atomic mass is 10.1. The van der Waals surface area contributed by atoms with Gasteiger partial charge in [0.1, 0.15) is 17.3 Å². The number of rotatable bonds is 5. The van der Waals surface area contributed by atoms with Gasteiger partial charge in [-0.15, -0.1) is 0 Å². The van der Waals surface area contributed by atoms with Crippen LogP contribution >= 0.6 is 11.6 Å². The van der Waals surface area contributed by atoms with Gasteiger partial charge in [0.25, 0.3) is 5.91 Å². The van der Waals surface area contributed by atoms with E-state index in [1.54, 1.807) is 25.3 Å². The molecule has 0 unspecified atom stereocenters. The van der Waals surface area contributed by atoms with Crippen LogP contribution in [-0.4, -0.2) is 23.0 Å². The third kappa shape index (κ3) is 4.40. The van der Waals surface area contributed by atoms with Crippen LogP contribution in [0.5, 0.6) is 5.75 Å². The minimum absolute atomic E-state index is 0.225. The molecule has 2 N–H and O–H groups in total. The predicted octanol–water partition coefficient (Wildman–Crippen LogP) is 5.06. The van der Waals surface area contributed by atoms with E-state index in [2.05, 4.69) is 20.6 Å². The Kier molecular flexibility index (Phi) is 5.80. The predicted molar refractivity (Wildman–Crippen MR) is 112 cm³/mol. The van der Waals surface area contributed by atoms with Crippen molar-refractivity contribution in [2.75, 3.05) is 17.7 Å². The summed E-state index contributed by atoms with van der Waals surface area (Å²) in [6, 6.07) is 9.27. The zero-order valence-corrected chi connectivity index (χ0v) is 16.9. The summed E-state index contributed by atoms with van der Waals surface area (Å²) in [4.78, 5) is 21.0. The first kappa shape index (κ1) is 19.6. The van der Waals surface area contributed by atoms with Gasteiger partial charge in [-0.3, -0.25) is 4.79 Å². The second kappa shape index (κ2) is 8.27. The number of anilines is 3. The molecule has 0 aliphatic rings. The number of hydrogen-bond donors (Lipinski definition) is 2. The van der Waals surface area contributed by atoms with Gasteiger partial charge in [-0.05, 0) is 50.1 Å². The number of hydrogen-bond acceptors (Lipinski definition) is 5. The topological polar surface area (TPSA) is 76.1 Å². The average molecular weight is 397 g/mol. The van der Waals surface area contributed by atoms with E-state index in [0.29, 0.717) is 22.3 Å². The van der Waals surface area contributed by atoms with Crippen LogP contribution < -0.4 is 15.4 Å². The number of nitrogens with zero attached hydrogens (tertiary/aromatic N) is 2. The highest BCUT2D eigenvalue weighted by Gasteiger charge is 2.13. The molecule has 1 heterocycles. The summed E-state index contributed by atoms with van der Waals surface area (Å²) in [5.74, 6) is 0.785. The number of amides is 1. The van der Waals surface area contributed by atoms with Crippen molar-refractivity contribution in [3.63, 3.8) is 0 Å². The van der Waals surface area contributed by atoms with Crippen molar-refractivity contribution in [1.82, 2.24) is 9.97 Å². The van der Waals surface area contributed by atoms with Gasteiger partial charge in [0.2, 0.25) is 0 Å². The minimum atomic E-state index is -0.311. The first-order chi connectivity index (χ1) is 13.4. The van der Waals surface area contributed by atoms with Gasteiger partial charge in [0, 0.05) is 10.7 Å². The Balaban J connectivity index is 1.76. The summed E-state index contributed by atoms with van der Waals surface area (Å²) >= 11 is 6.03. The second-order valence-corrected chi connectivity index (χ2v) is 6.92. The smallest absolute Gasteiger partial charge is 0.275 e. The quantitative estimate of drug-likeness (QED) is 0.630. The molecule has 1 amide bonds. The molecular formula is C21H21ClN4O2. The van der Waals surface area contributed by atoms with E-state index in [1.165, 1.54) is 12.4 Å². The third-order valence-corrected chi connectivity index (χ3v) is 4.46. The molecular weight excluding hydrogens is 376 g/mol. The first-order valence-corrected chi connectivity index (χ1v) is 9.07. The third-order valence-electron chi connectivity index (χ3n) is 4.22. The number of ether oxygens (including phenoxy) is 1. The Labute approximate surface area is 168 Å². The molecule has 0 aliphatic heterocycles. The molecule has 0 fully saturated rings. The maximum Gasteiger partial charge on any atom is 0.275 e. The van der Waals surface area contributed by atoms with Crippen LogP contribution in [0.2, 0.25) is 5.02 Å². The van der Waals surface area contributed by atoms with Gasteiger partial charge >= 0.3 is 0 Å². The average Bonchev–Trinajstić information content (AvgIpc) is 2.65. The molecule has 0 atom stereocenters. The minimum Gasteiger partial charge on any atom is -0.495 e. The molecule has 144 valence electrons. The highest BCUT2D eigenvalue weighted by molar-refractivity contribution is 6.31. The Bertz CT molecular complexity index is 996. The summed E-state index contributed by atoms with van der Waals surface area (Å²) in [7, 11) is 1.57. The summed E-state index contributed by atoms with van der Waals surface area (Å²) in [6.07, 6.45) is 2.91. The summed E-state index contributed by atoms with van der Waals surface area (Å²) in [5.41, 5.74) is 4.84. The van der Waals surface area contributed by atoms with Gasteiger partial charge in [0.15, 0.2) is 0 Å². The molecule has 2 aromatic carbocycles. The van der Waals surface area contributed by atoms with Gasteiger partial charge in [0.05, 0.1) is 25.2 Å². The molecule has 0 bridgehead atoms. The van der Waals surface area contributed by atoms with Crippen LogP contribution in [0, 0.1) is 20.8 Å². The van der Waals surface area contributed by atoms with Crippen molar-refractivity contribution >= 4 is 34.7 Å². The molecule has 0 aliphatic carbocycles. The number of carbonyl (C=O) groups excluding carboxylic acids is 1. The van der Waals surface area contributed by atoms with Crippen LogP contribution in [0.3, 0.4) is 0 Å². The fraction of sp³-hybridized carbons (Fsp3) is 0.190. The number of halogens is 1. The maximum absolute atomic E-state index is 12.5. The second-order valence-electron chi connectivity index (χ2n) is 6.48. The molecule has 1 aromatic heterocycles. The molecule has 0 radical (unpaired) electrons. The lowest BCUT2D eigenvalue weighted by Crippen LogP contribution is -2.16. The van der Waals surface area contributed by atoms with E-state index in [0.717, 1.165) is 22.4 Å². The first-order valence-electron chi connectivity index (χ1n) is 8.69. The summed E-state index contributed by atoms with van der Waals surface area (Å²) < 4.78 is 5.30. The van der Waals surface area contributed by atoms with Crippen molar-refractivity contribution in [1.29, 1.82) is 0 Å². The van der Waals surface area contributed by atoms with Crippen LogP contribution in [0.25, 0.3) is 0 Å². The van der Waals surface area contributed by atoms with Crippen molar-refractivity contribution < 1.29 is 9.53 Å². The molecule has 6 nitrogen and oxygen atoms in total. The fourth-order valence-electron chi connectivity index (χ4n) is 2.98. The zero-order valence-electron chi connectivity index (χ0n) is 16.1. The van der Waals surface area contributed by atoms with Crippen molar-refractivity contribution in [2.45, 2.75) is 20.8 Å². The number of methoxy groups -OCH3 is 1. The number of nitrogens with one attached hydrogen (secondary N) is 2. The fourth-order valence-corrected chi connectivity index (χ4v) is 3.15. The largest absolute Gasteiger partial charge is 0.495 e. The lowest BCUT2D eigenvalue weighted by Gasteiger charge is -2.13. The monoisotopic (exact) mass is 396 g/mol. The molecule has 3 aromatic rings. The highest BCUT2D eigenvalue weighted by Crippen LogP contribution is 2.29. The normalized spacial score (nSPS) is 10.5. The number of aromatic nitrogens is 2. The molecule has 7 heteroatoms. The summed E-state index contributed by atoms with van der Waals surface area (Å²) in [6.45, 7) is 5.96. The SMILES string of the molecule is COc1ccc(Cl)cc1Nc1cnc(C(=O)Nc2c(C)cc(C)cc2C)cn1. The van der Waals surface area contributed by atoms with Crippen LogP contribution in [0.4, 0.5) is 17.2 Å². The number of benzene rings is 2. The Morgan fingerprint density at radius 2 is 1.75 bits per heavy atom.